The lowest BCUT2D eigenvalue weighted by Gasteiger charge is -2.39. The van der Waals surface area contributed by atoms with Crippen LogP contribution in [0.5, 0.6) is 5.88 Å². The van der Waals surface area contributed by atoms with Crippen molar-refractivity contribution in [1.82, 2.24) is 9.97 Å². The third kappa shape index (κ3) is 3.56. The number of anilines is 1. The van der Waals surface area contributed by atoms with Crippen LogP contribution in [0.25, 0.3) is 11.0 Å². The van der Waals surface area contributed by atoms with Crippen LogP contribution in [-0.4, -0.2) is 57.4 Å². The Morgan fingerprint density at radius 2 is 2.07 bits per heavy atom. The molecule has 0 spiro atoms. The summed E-state index contributed by atoms with van der Waals surface area (Å²) < 4.78 is 28.0. The Hall–Kier alpha value is -1.90. The molecule has 0 bridgehead atoms. The first-order chi connectivity index (χ1) is 13.2. The normalized spacial score (nSPS) is 21.1. The summed E-state index contributed by atoms with van der Waals surface area (Å²) in [4.78, 5) is 11.9. The standard InChI is InChI=1S/C20H26N4O3S/c1-12-8-15(13(2)23-28(25)20(3,4)5)17-16(9-12)21-19-18(22-17)24-6-7-26-10-14(24)11-27-19/h8-9,14H,6-7,10-11H2,1-5H3/t14-,28?/m0/s1. The van der Waals surface area contributed by atoms with Gasteiger partial charge in [0.2, 0.25) is 0 Å². The average Bonchev–Trinajstić information content (AvgIpc) is 2.65. The first-order valence-electron chi connectivity index (χ1n) is 9.51. The van der Waals surface area contributed by atoms with Crippen molar-refractivity contribution in [3.63, 3.8) is 0 Å². The maximum absolute atomic E-state index is 12.5. The molecule has 0 N–H and O–H groups in total. The summed E-state index contributed by atoms with van der Waals surface area (Å²) in [7, 11) is 0. The minimum atomic E-state index is -1.34. The second kappa shape index (κ2) is 7.17. The monoisotopic (exact) mass is 402 g/mol. The van der Waals surface area contributed by atoms with Crippen LogP contribution >= 0.6 is 0 Å². The molecule has 2 aromatic rings. The van der Waals surface area contributed by atoms with Gasteiger partial charge in [-0.15, -0.1) is 0 Å². The van der Waals surface area contributed by atoms with Crippen molar-refractivity contribution in [3.8, 4) is 5.88 Å². The quantitative estimate of drug-likeness (QED) is 0.567. The van der Waals surface area contributed by atoms with E-state index in [1.807, 2.05) is 46.8 Å². The van der Waals surface area contributed by atoms with Gasteiger partial charge in [-0.05, 0) is 52.3 Å². The van der Waals surface area contributed by atoms with Crippen LogP contribution in [0.4, 0.5) is 5.82 Å². The van der Waals surface area contributed by atoms with E-state index in [0.29, 0.717) is 31.4 Å². The number of hydrogen-bond donors (Lipinski definition) is 0. The van der Waals surface area contributed by atoms with E-state index in [9.17, 15) is 4.55 Å². The van der Waals surface area contributed by atoms with Crippen LogP contribution in [0.15, 0.2) is 16.5 Å². The molecular weight excluding hydrogens is 376 g/mol. The summed E-state index contributed by atoms with van der Waals surface area (Å²) in [5.41, 5.74) is 4.13. The Morgan fingerprint density at radius 1 is 1.29 bits per heavy atom. The SMILES string of the molecule is CC(=N[S+]([O-])C(C)(C)C)c1cc(C)cc2nc3c(nc12)N1CCOC[C@H]1CO3. The van der Waals surface area contributed by atoms with Crippen LogP contribution in [0.3, 0.4) is 0 Å². The lowest BCUT2D eigenvalue weighted by atomic mass is 10.1. The first kappa shape index (κ1) is 19.4. The zero-order chi connectivity index (χ0) is 20.1. The van der Waals surface area contributed by atoms with Crippen LogP contribution < -0.4 is 9.64 Å². The highest BCUT2D eigenvalue weighted by Crippen LogP contribution is 2.34. The van der Waals surface area contributed by atoms with E-state index in [2.05, 4.69) is 9.30 Å². The molecule has 0 aliphatic carbocycles. The molecule has 4 rings (SSSR count). The first-order valence-corrected chi connectivity index (χ1v) is 10.6. The van der Waals surface area contributed by atoms with Gasteiger partial charge in [0, 0.05) is 12.1 Å². The van der Waals surface area contributed by atoms with Crippen molar-refractivity contribution in [3.05, 3.63) is 23.3 Å². The molecule has 0 saturated carbocycles. The average molecular weight is 403 g/mol. The molecule has 0 amide bonds. The molecule has 1 aromatic heterocycles. The Morgan fingerprint density at radius 3 is 2.82 bits per heavy atom. The van der Waals surface area contributed by atoms with Gasteiger partial charge in [-0.2, -0.15) is 0 Å². The van der Waals surface area contributed by atoms with Gasteiger partial charge in [-0.3, -0.25) is 0 Å². The van der Waals surface area contributed by atoms with Gasteiger partial charge < -0.3 is 18.9 Å². The number of nitrogens with zero attached hydrogens (tertiary/aromatic N) is 4. The van der Waals surface area contributed by atoms with Gasteiger partial charge in [-0.25, -0.2) is 9.97 Å². The summed E-state index contributed by atoms with van der Waals surface area (Å²) in [5.74, 6) is 1.32. The second-order valence-electron chi connectivity index (χ2n) is 8.30. The summed E-state index contributed by atoms with van der Waals surface area (Å²) in [6.07, 6.45) is 0. The molecule has 1 saturated heterocycles. The molecule has 1 unspecified atom stereocenters. The van der Waals surface area contributed by atoms with Crippen molar-refractivity contribution in [2.24, 2.45) is 4.40 Å². The number of benzene rings is 1. The van der Waals surface area contributed by atoms with Gasteiger partial charge in [0.15, 0.2) is 5.82 Å². The van der Waals surface area contributed by atoms with E-state index in [1.54, 1.807) is 0 Å². The molecule has 150 valence electrons. The maximum atomic E-state index is 12.5. The van der Waals surface area contributed by atoms with Crippen molar-refractivity contribution in [1.29, 1.82) is 0 Å². The molecular formula is C20H26N4O3S. The predicted molar refractivity (Wildman–Crippen MR) is 112 cm³/mol. The minimum absolute atomic E-state index is 0.157. The van der Waals surface area contributed by atoms with Gasteiger partial charge in [0.1, 0.15) is 28.2 Å². The fourth-order valence-electron chi connectivity index (χ4n) is 3.39. The number of fused-ring (bicyclic) bond motifs is 4. The largest absolute Gasteiger partial charge is 0.591 e. The summed E-state index contributed by atoms with van der Waals surface area (Å²) >= 11 is -1.34. The number of hydrogen-bond acceptors (Lipinski definition) is 7. The minimum Gasteiger partial charge on any atom is -0.591 e. The van der Waals surface area contributed by atoms with E-state index in [4.69, 9.17) is 19.4 Å². The molecule has 3 heterocycles. The van der Waals surface area contributed by atoms with Crippen molar-refractivity contribution < 1.29 is 14.0 Å². The van der Waals surface area contributed by atoms with E-state index < -0.39 is 16.1 Å². The number of rotatable bonds is 2. The van der Waals surface area contributed by atoms with Gasteiger partial charge >= 0.3 is 0 Å². The van der Waals surface area contributed by atoms with Crippen molar-refractivity contribution >= 4 is 33.9 Å². The fraction of sp³-hybridized carbons (Fsp3) is 0.550. The van der Waals surface area contributed by atoms with Gasteiger partial charge in [0.25, 0.3) is 5.88 Å². The van der Waals surface area contributed by atoms with Crippen LogP contribution in [-0.2, 0) is 16.1 Å². The molecule has 1 aromatic carbocycles. The summed E-state index contributed by atoms with van der Waals surface area (Å²) in [6.45, 7) is 12.3. The molecule has 28 heavy (non-hydrogen) atoms. The summed E-state index contributed by atoms with van der Waals surface area (Å²) in [5, 5.41) is 0. The number of ether oxygens (including phenoxy) is 2. The summed E-state index contributed by atoms with van der Waals surface area (Å²) in [6, 6.07) is 4.18. The molecule has 0 radical (unpaired) electrons. The van der Waals surface area contributed by atoms with E-state index in [0.717, 1.165) is 34.5 Å². The van der Waals surface area contributed by atoms with E-state index in [1.165, 1.54) is 0 Å². The highest BCUT2D eigenvalue weighted by molar-refractivity contribution is 7.91. The lowest BCUT2D eigenvalue weighted by Crippen LogP contribution is -2.51. The maximum Gasteiger partial charge on any atom is 0.258 e. The van der Waals surface area contributed by atoms with E-state index >= 15 is 0 Å². The highest BCUT2D eigenvalue weighted by Gasteiger charge is 2.33. The van der Waals surface area contributed by atoms with Crippen LogP contribution in [0.1, 0.15) is 38.8 Å². The van der Waals surface area contributed by atoms with Gasteiger partial charge in [0.05, 0.1) is 30.5 Å². The molecule has 2 aliphatic heterocycles. The Labute approximate surface area is 168 Å². The van der Waals surface area contributed by atoms with Crippen molar-refractivity contribution in [2.45, 2.75) is 45.4 Å². The zero-order valence-corrected chi connectivity index (χ0v) is 17.8. The zero-order valence-electron chi connectivity index (χ0n) is 17.0. The molecule has 7 nitrogen and oxygen atoms in total. The third-order valence-electron chi connectivity index (χ3n) is 4.91. The predicted octanol–water partition coefficient (Wildman–Crippen LogP) is 2.81. The topological polar surface area (TPSA) is 82.9 Å². The molecule has 1 fully saturated rings. The second-order valence-corrected chi connectivity index (χ2v) is 10.2. The van der Waals surface area contributed by atoms with Gasteiger partial charge in [-0.1, -0.05) is 4.40 Å². The molecule has 8 heteroatoms. The fourth-order valence-corrected chi connectivity index (χ4v) is 4.01. The van der Waals surface area contributed by atoms with Crippen LogP contribution in [0.2, 0.25) is 0 Å². The van der Waals surface area contributed by atoms with Crippen LogP contribution in [0, 0.1) is 6.92 Å². The number of morpholine rings is 1. The number of aromatic nitrogens is 2. The number of aryl methyl sites for hydroxylation is 1. The highest BCUT2D eigenvalue weighted by atomic mass is 32.2. The van der Waals surface area contributed by atoms with Crippen molar-refractivity contribution in [2.75, 3.05) is 31.3 Å². The Balaban J connectivity index is 1.84. The third-order valence-corrected chi connectivity index (χ3v) is 6.40. The lowest BCUT2D eigenvalue weighted by molar-refractivity contribution is 0.0686. The molecule has 2 aliphatic rings. The smallest absolute Gasteiger partial charge is 0.258 e. The Bertz CT molecular complexity index is 941. The Kier molecular flexibility index (Phi) is 4.97. The van der Waals surface area contributed by atoms with E-state index in [-0.39, 0.29) is 6.04 Å². The molecule has 2 atom stereocenters.